The molecular weight excluding hydrogens is 324 g/mol. The van der Waals surface area contributed by atoms with Gasteiger partial charge in [0, 0.05) is 18.8 Å². The van der Waals surface area contributed by atoms with Gasteiger partial charge in [-0.1, -0.05) is 35.9 Å². The Morgan fingerprint density at radius 2 is 1.58 bits per heavy atom. The Labute approximate surface area is 142 Å². The van der Waals surface area contributed by atoms with Crippen LogP contribution in [0.5, 0.6) is 0 Å². The maximum atomic E-state index is 12.8. The van der Waals surface area contributed by atoms with E-state index in [1.165, 1.54) is 4.31 Å². The normalized spacial score (nSPS) is 16.9. The lowest BCUT2D eigenvalue weighted by Crippen LogP contribution is -2.39. The van der Waals surface area contributed by atoms with E-state index in [4.69, 9.17) is 0 Å². The first kappa shape index (κ1) is 16.7. The smallest absolute Gasteiger partial charge is 0.243 e. The van der Waals surface area contributed by atoms with Gasteiger partial charge in [-0.05, 0) is 37.6 Å². The van der Waals surface area contributed by atoms with E-state index in [2.05, 4.69) is 0 Å². The summed E-state index contributed by atoms with van der Waals surface area (Å²) in [5.41, 5.74) is 1.80. The number of amides is 1. The Balaban J connectivity index is 1.84. The Morgan fingerprint density at radius 1 is 0.917 bits per heavy atom. The lowest BCUT2D eigenvalue weighted by Gasteiger charge is -2.21. The van der Waals surface area contributed by atoms with Crippen LogP contribution in [0.25, 0.3) is 0 Å². The second-order valence-electron chi connectivity index (χ2n) is 5.89. The van der Waals surface area contributed by atoms with Gasteiger partial charge in [-0.3, -0.25) is 4.79 Å². The third-order valence-corrected chi connectivity index (χ3v) is 5.99. The maximum Gasteiger partial charge on any atom is 0.243 e. The van der Waals surface area contributed by atoms with Crippen molar-refractivity contribution in [3.05, 3.63) is 60.2 Å². The second-order valence-corrected chi connectivity index (χ2v) is 7.82. The van der Waals surface area contributed by atoms with Gasteiger partial charge >= 0.3 is 0 Å². The van der Waals surface area contributed by atoms with E-state index in [1.807, 2.05) is 37.3 Å². The van der Waals surface area contributed by atoms with E-state index >= 15 is 0 Å². The van der Waals surface area contributed by atoms with Crippen molar-refractivity contribution in [3.8, 4) is 0 Å². The molecule has 0 N–H and O–H groups in total. The van der Waals surface area contributed by atoms with Crippen molar-refractivity contribution >= 4 is 21.6 Å². The Morgan fingerprint density at radius 3 is 2.25 bits per heavy atom. The summed E-state index contributed by atoms with van der Waals surface area (Å²) >= 11 is 0. The third kappa shape index (κ3) is 3.34. The number of para-hydroxylation sites is 1. The van der Waals surface area contributed by atoms with Crippen molar-refractivity contribution < 1.29 is 13.2 Å². The van der Waals surface area contributed by atoms with Crippen molar-refractivity contribution in [1.82, 2.24) is 4.31 Å². The predicted octanol–water partition coefficient (Wildman–Crippen LogP) is 2.42. The molecule has 0 aromatic heterocycles. The summed E-state index contributed by atoms with van der Waals surface area (Å²) in [5.74, 6) is -0.200. The molecule has 2 aromatic rings. The van der Waals surface area contributed by atoms with Crippen LogP contribution in [0, 0.1) is 6.92 Å². The number of carbonyl (C=O) groups excluding carboxylic acids is 1. The van der Waals surface area contributed by atoms with Gasteiger partial charge in [0.05, 0.1) is 11.4 Å². The number of nitrogens with zero attached hydrogens (tertiary/aromatic N) is 2. The van der Waals surface area contributed by atoms with Crippen LogP contribution in [0.15, 0.2) is 59.5 Å². The summed E-state index contributed by atoms with van der Waals surface area (Å²) in [4.78, 5) is 14.5. The van der Waals surface area contributed by atoms with Gasteiger partial charge in [-0.25, -0.2) is 8.42 Å². The number of rotatable bonds is 3. The fourth-order valence-electron chi connectivity index (χ4n) is 2.79. The molecule has 126 valence electrons. The van der Waals surface area contributed by atoms with Gasteiger partial charge in [0.2, 0.25) is 15.9 Å². The highest BCUT2D eigenvalue weighted by molar-refractivity contribution is 7.89. The molecule has 0 aliphatic carbocycles. The Kier molecular flexibility index (Phi) is 4.69. The highest BCUT2D eigenvalue weighted by Gasteiger charge is 2.31. The molecule has 0 atom stereocenters. The summed E-state index contributed by atoms with van der Waals surface area (Å²) < 4.78 is 26.9. The minimum Gasteiger partial charge on any atom is -0.311 e. The van der Waals surface area contributed by atoms with Crippen LogP contribution in [-0.2, 0) is 14.8 Å². The van der Waals surface area contributed by atoms with Crippen LogP contribution in [0.3, 0.4) is 0 Å². The predicted molar refractivity (Wildman–Crippen MR) is 93.3 cm³/mol. The molecule has 1 heterocycles. The molecule has 1 saturated heterocycles. The molecule has 2 aromatic carbocycles. The van der Waals surface area contributed by atoms with E-state index in [9.17, 15) is 13.2 Å². The number of sulfonamides is 1. The van der Waals surface area contributed by atoms with Crippen molar-refractivity contribution in [3.63, 3.8) is 0 Å². The minimum atomic E-state index is -3.65. The molecule has 0 spiro atoms. The van der Waals surface area contributed by atoms with Crippen molar-refractivity contribution in [2.75, 3.05) is 24.5 Å². The summed E-state index contributed by atoms with van der Waals surface area (Å²) in [6, 6.07) is 16.1. The molecule has 3 rings (SSSR count). The maximum absolute atomic E-state index is 12.8. The van der Waals surface area contributed by atoms with E-state index in [1.54, 1.807) is 29.2 Å². The number of anilines is 1. The van der Waals surface area contributed by atoms with Crippen LogP contribution in [0.2, 0.25) is 0 Å². The summed E-state index contributed by atoms with van der Waals surface area (Å²) in [6.45, 7) is 2.63. The van der Waals surface area contributed by atoms with Gasteiger partial charge in [0.1, 0.15) is 0 Å². The fourth-order valence-corrected chi connectivity index (χ4v) is 4.22. The highest BCUT2D eigenvalue weighted by atomic mass is 32.2. The first-order chi connectivity index (χ1) is 11.5. The minimum absolute atomic E-state index is 0.134. The van der Waals surface area contributed by atoms with Crippen molar-refractivity contribution in [2.24, 2.45) is 0 Å². The number of aryl methyl sites for hydroxylation is 1. The van der Waals surface area contributed by atoms with Crippen LogP contribution >= 0.6 is 0 Å². The second kappa shape index (κ2) is 6.75. The van der Waals surface area contributed by atoms with Crippen LogP contribution < -0.4 is 4.90 Å². The van der Waals surface area contributed by atoms with Crippen molar-refractivity contribution in [2.45, 2.75) is 18.2 Å². The van der Waals surface area contributed by atoms with E-state index < -0.39 is 10.0 Å². The molecule has 1 aliphatic heterocycles. The summed E-state index contributed by atoms with van der Waals surface area (Å²) in [5, 5.41) is 0. The number of hydrogen-bond donors (Lipinski definition) is 0. The lowest BCUT2D eigenvalue weighted by atomic mass is 10.2. The summed E-state index contributed by atoms with van der Waals surface area (Å²) in [6.07, 6.45) is 0.603. The van der Waals surface area contributed by atoms with Gasteiger partial charge in [0.25, 0.3) is 0 Å². The van der Waals surface area contributed by atoms with Gasteiger partial charge in [-0.2, -0.15) is 4.31 Å². The van der Waals surface area contributed by atoms with Gasteiger partial charge < -0.3 is 4.90 Å². The molecule has 5 nitrogen and oxygen atoms in total. The monoisotopic (exact) mass is 344 g/mol. The Bertz CT molecular complexity index is 817. The van der Waals surface area contributed by atoms with Gasteiger partial charge in [-0.15, -0.1) is 0 Å². The molecule has 24 heavy (non-hydrogen) atoms. The average molecular weight is 344 g/mol. The fraction of sp³-hybridized carbons (Fsp3) is 0.278. The van der Waals surface area contributed by atoms with E-state index in [0.717, 1.165) is 11.3 Å². The molecule has 0 radical (unpaired) electrons. The van der Waals surface area contributed by atoms with Crippen molar-refractivity contribution in [1.29, 1.82) is 0 Å². The van der Waals surface area contributed by atoms with Crippen LogP contribution in [0.1, 0.15) is 12.0 Å². The first-order valence-corrected chi connectivity index (χ1v) is 9.35. The van der Waals surface area contributed by atoms with Crippen LogP contribution in [0.4, 0.5) is 5.69 Å². The lowest BCUT2D eigenvalue weighted by molar-refractivity contribution is -0.118. The number of carbonyl (C=O) groups is 1. The zero-order valence-electron chi connectivity index (χ0n) is 13.6. The molecule has 0 saturated carbocycles. The average Bonchev–Trinajstić information content (AvgIpc) is 2.78. The quantitative estimate of drug-likeness (QED) is 0.859. The topological polar surface area (TPSA) is 57.7 Å². The summed E-state index contributed by atoms with van der Waals surface area (Å²) in [7, 11) is -3.65. The largest absolute Gasteiger partial charge is 0.311 e. The molecule has 0 unspecified atom stereocenters. The molecule has 1 fully saturated rings. The van der Waals surface area contributed by atoms with Crippen LogP contribution in [-0.4, -0.2) is 38.3 Å². The first-order valence-electron chi connectivity index (χ1n) is 7.91. The van der Waals surface area contributed by atoms with E-state index in [-0.39, 0.29) is 17.3 Å². The molecule has 0 bridgehead atoms. The third-order valence-electron chi connectivity index (χ3n) is 4.13. The standard InChI is InChI=1S/C18H20N2O3S/c1-15-8-10-17(11-9-15)24(22,23)19-12-5-13-20(18(21)14-19)16-6-3-2-4-7-16/h2-4,6-11H,5,12-14H2,1H3. The number of hydrogen-bond acceptors (Lipinski definition) is 3. The highest BCUT2D eigenvalue weighted by Crippen LogP contribution is 2.21. The molecule has 6 heteroatoms. The molecule has 1 aliphatic rings. The van der Waals surface area contributed by atoms with E-state index in [0.29, 0.717) is 19.5 Å². The molecular formula is C18H20N2O3S. The van der Waals surface area contributed by atoms with Gasteiger partial charge in [0.15, 0.2) is 0 Å². The molecule has 1 amide bonds. The number of benzene rings is 2. The zero-order valence-corrected chi connectivity index (χ0v) is 14.4. The SMILES string of the molecule is Cc1ccc(S(=O)(=O)N2CCCN(c3ccccc3)C(=O)C2)cc1. The Hall–Kier alpha value is -2.18. The zero-order chi connectivity index (χ0) is 17.2.